The largest absolute Gasteiger partial charge is 0.494 e. The monoisotopic (exact) mass is 416 g/mol. The van der Waals surface area contributed by atoms with Crippen molar-refractivity contribution in [3.05, 3.63) is 84.4 Å². The van der Waals surface area contributed by atoms with Gasteiger partial charge >= 0.3 is 0 Å². The molecule has 0 aliphatic heterocycles. The Labute approximate surface area is 186 Å². The molecule has 31 heavy (non-hydrogen) atoms. The van der Waals surface area contributed by atoms with Crippen molar-refractivity contribution < 1.29 is 14.3 Å². The number of ketones is 1. The minimum Gasteiger partial charge on any atom is -0.494 e. The molecule has 3 heteroatoms. The van der Waals surface area contributed by atoms with E-state index in [9.17, 15) is 4.79 Å². The third kappa shape index (κ3) is 6.21. The van der Waals surface area contributed by atoms with Gasteiger partial charge in [-0.25, -0.2) is 0 Å². The topological polar surface area (TPSA) is 35.5 Å². The Hall–Kier alpha value is -3.07. The van der Waals surface area contributed by atoms with Crippen LogP contribution in [-0.4, -0.2) is 18.0 Å². The van der Waals surface area contributed by atoms with Gasteiger partial charge in [0.1, 0.15) is 11.5 Å². The van der Waals surface area contributed by atoms with Gasteiger partial charge in [-0.15, -0.1) is 0 Å². The normalized spacial score (nSPS) is 12.3. The summed E-state index contributed by atoms with van der Waals surface area (Å²) >= 11 is 0. The third-order valence-corrected chi connectivity index (χ3v) is 5.60. The maximum absolute atomic E-state index is 12.0. The van der Waals surface area contributed by atoms with Gasteiger partial charge in [-0.05, 0) is 67.1 Å². The summed E-state index contributed by atoms with van der Waals surface area (Å²) in [6, 6.07) is 26.7. The van der Waals surface area contributed by atoms with Crippen LogP contribution in [0.4, 0.5) is 0 Å². The lowest BCUT2D eigenvalue weighted by atomic mass is 9.95. The molecule has 3 aromatic carbocycles. The molecule has 3 rings (SSSR count). The molecule has 0 heterocycles. The van der Waals surface area contributed by atoms with Gasteiger partial charge in [-0.1, -0.05) is 68.4 Å². The number of carbonyl (C=O) groups is 1. The summed E-state index contributed by atoms with van der Waals surface area (Å²) < 4.78 is 11.8. The second-order valence-electron chi connectivity index (χ2n) is 8.39. The molecule has 0 bridgehead atoms. The van der Waals surface area contributed by atoms with Crippen LogP contribution in [0, 0.1) is 0 Å². The first-order valence-corrected chi connectivity index (χ1v) is 11.0. The van der Waals surface area contributed by atoms with Gasteiger partial charge in [0, 0.05) is 6.42 Å². The van der Waals surface area contributed by atoms with Crippen molar-refractivity contribution in [2.24, 2.45) is 0 Å². The van der Waals surface area contributed by atoms with E-state index in [-0.39, 0.29) is 5.78 Å². The van der Waals surface area contributed by atoms with Gasteiger partial charge in [0.15, 0.2) is 11.4 Å². The summed E-state index contributed by atoms with van der Waals surface area (Å²) in [5.74, 6) is 1.97. The number of rotatable bonds is 10. The van der Waals surface area contributed by atoms with Crippen LogP contribution >= 0.6 is 0 Å². The van der Waals surface area contributed by atoms with E-state index >= 15 is 0 Å². The van der Waals surface area contributed by atoms with E-state index in [0.717, 1.165) is 12.2 Å². The number of hydrogen-bond donors (Lipinski definition) is 0. The van der Waals surface area contributed by atoms with Gasteiger partial charge in [0.2, 0.25) is 0 Å². The van der Waals surface area contributed by atoms with Crippen LogP contribution < -0.4 is 9.47 Å². The number of hydrogen-bond acceptors (Lipinski definition) is 3. The fourth-order valence-corrected chi connectivity index (χ4v) is 3.54. The second-order valence-corrected chi connectivity index (χ2v) is 8.39. The maximum atomic E-state index is 12.0. The zero-order valence-electron chi connectivity index (χ0n) is 18.9. The van der Waals surface area contributed by atoms with E-state index in [2.05, 4.69) is 55.5 Å². The molecule has 0 aromatic heterocycles. The smallest absolute Gasteiger partial charge is 0.175 e. The van der Waals surface area contributed by atoms with Crippen molar-refractivity contribution in [3.8, 4) is 22.6 Å². The molecule has 1 unspecified atom stereocenters. The van der Waals surface area contributed by atoms with Gasteiger partial charge in [-0.3, -0.25) is 4.79 Å². The van der Waals surface area contributed by atoms with Crippen molar-refractivity contribution in [3.63, 3.8) is 0 Å². The van der Waals surface area contributed by atoms with Crippen LogP contribution in [-0.2, 0) is 4.79 Å². The van der Waals surface area contributed by atoms with E-state index in [0.29, 0.717) is 24.7 Å². The lowest BCUT2D eigenvalue weighted by Gasteiger charge is -2.24. The molecule has 0 fully saturated rings. The van der Waals surface area contributed by atoms with E-state index in [1.807, 2.05) is 37.3 Å². The highest BCUT2D eigenvalue weighted by Crippen LogP contribution is 2.26. The summed E-state index contributed by atoms with van der Waals surface area (Å²) in [5.41, 5.74) is 2.97. The van der Waals surface area contributed by atoms with Crippen LogP contribution in [0.1, 0.15) is 52.0 Å². The molecule has 1 atom stereocenters. The third-order valence-electron chi connectivity index (χ3n) is 5.60. The molecule has 0 spiro atoms. The van der Waals surface area contributed by atoms with Gasteiger partial charge in [-0.2, -0.15) is 0 Å². The van der Waals surface area contributed by atoms with Crippen molar-refractivity contribution in [1.29, 1.82) is 0 Å². The molecule has 0 aliphatic rings. The standard InChI is InChI=1S/C28H32O3/c1-5-27(29)28(3,4)31-26-17-15-25(16-18-26)30-20-19-21(2)22-11-13-24(14-12-22)23-9-7-6-8-10-23/h6-18,21H,5,19-20H2,1-4H3. The van der Waals surface area contributed by atoms with E-state index in [4.69, 9.17) is 9.47 Å². The Bertz CT molecular complexity index is 957. The minimum atomic E-state index is -0.817. The Morgan fingerprint density at radius 1 is 0.839 bits per heavy atom. The molecule has 0 radical (unpaired) electrons. The van der Waals surface area contributed by atoms with Crippen molar-refractivity contribution in [2.45, 2.75) is 52.1 Å². The Morgan fingerprint density at radius 2 is 1.42 bits per heavy atom. The van der Waals surface area contributed by atoms with Gasteiger partial charge < -0.3 is 9.47 Å². The number of Topliss-reactive ketones (excluding diaryl/α,β-unsaturated/α-hetero) is 1. The highest BCUT2D eigenvalue weighted by Gasteiger charge is 2.27. The fourth-order valence-electron chi connectivity index (χ4n) is 3.54. The zero-order chi connectivity index (χ0) is 22.3. The summed E-state index contributed by atoms with van der Waals surface area (Å²) in [7, 11) is 0. The molecule has 0 amide bonds. The lowest BCUT2D eigenvalue weighted by molar-refractivity contribution is -0.131. The molecule has 3 aromatic rings. The Morgan fingerprint density at radius 3 is 2.03 bits per heavy atom. The highest BCUT2D eigenvalue weighted by molar-refractivity contribution is 5.86. The predicted molar refractivity (Wildman–Crippen MR) is 127 cm³/mol. The summed E-state index contributed by atoms with van der Waals surface area (Å²) in [5, 5.41) is 0. The number of carbonyl (C=O) groups excluding carboxylic acids is 1. The molecular formula is C28H32O3. The van der Waals surface area contributed by atoms with Crippen LogP contribution in [0.5, 0.6) is 11.5 Å². The van der Waals surface area contributed by atoms with Crippen LogP contribution in [0.25, 0.3) is 11.1 Å². The van der Waals surface area contributed by atoms with Crippen LogP contribution in [0.3, 0.4) is 0 Å². The lowest BCUT2D eigenvalue weighted by Crippen LogP contribution is -2.37. The molecule has 3 nitrogen and oxygen atoms in total. The molecule has 0 aliphatic carbocycles. The first-order valence-electron chi connectivity index (χ1n) is 11.0. The summed E-state index contributed by atoms with van der Waals surface area (Å²) in [6.07, 6.45) is 1.39. The average molecular weight is 417 g/mol. The number of ether oxygens (including phenoxy) is 2. The minimum absolute atomic E-state index is 0.0821. The molecule has 162 valence electrons. The van der Waals surface area contributed by atoms with E-state index in [1.165, 1.54) is 16.7 Å². The van der Waals surface area contributed by atoms with Gasteiger partial charge in [0.25, 0.3) is 0 Å². The molecule has 0 saturated carbocycles. The average Bonchev–Trinajstić information content (AvgIpc) is 2.80. The fraction of sp³-hybridized carbons (Fsp3) is 0.321. The Balaban J connectivity index is 1.49. The van der Waals surface area contributed by atoms with Gasteiger partial charge in [0.05, 0.1) is 6.61 Å². The zero-order valence-corrected chi connectivity index (χ0v) is 18.9. The molecule has 0 N–H and O–H groups in total. The second kappa shape index (κ2) is 10.3. The van der Waals surface area contributed by atoms with E-state index < -0.39 is 5.60 Å². The maximum Gasteiger partial charge on any atom is 0.175 e. The van der Waals surface area contributed by atoms with Crippen LogP contribution in [0.15, 0.2) is 78.9 Å². The van der Waals surface area contributed by atoms with Crippen LogP contribution in [0.2, 0.25) is 0 Å². The summed E-state index contributed by atoms with van der Waals surface area (Å²) in [4.78, 5) is 12.0. The highest BCUT2D eigenvalue weighted by atomic mass is 16.5. The quantitative estimate of drug-likeness (QED) is 0.355. The first kappa shape index (κ1) is 22.6. The SMILES string of the molecule is CCC(=O)C(C)(C)Oc1ccc(OCCC(C)c2ccc(-c3ccccc3)cc2)cc1. The van der Waals surface area contributed by atoms with Crippen molar-refractivity contribution in [2.75, 3.05) is 6.61 Å². The predicted octanol–water partition coefficient (Wildman–Crippen LogP) is 7.06. The van der Waals surface area contributed by atoms with E-state index in [1.54, 1.807) is 13.8 Å². The first-order chi connectivity index (χ1) is 14.9. The van der Waals surface area contributed by atoms with Crippen molar-refractivity contribution in [1.82, 2.24) is 0 Å². The molecular weight excluding hydrogens is 384 g/mol. The Kier molecular flexibility index (Phi) is 7.51. The number of benzene rings is 3. The van der Waals surface area contributed by atoms with Crippen molar-refractivity contribution >= 4 is 5.78 Å². The molecule has 0 saturated heterocycles. The summed E-state index contributed by atoms with van der Waals surface area (Å²) in [6.45, 7) is 8.32.